The molecule has 1 aromatic heterocycles. The van der Waals surface area contributed by atoms with Crippen LogP contribution in [-0.2, 0) is 17.5 Å². The molecule has 37 heavy (non-hydrogen) atoms. The van der Waals surface area contributed by atoms with Gasteiger partial charge in [-0.15, -0.1) is 0 Å². The second-order valence-corrected chi connectivity index (χ2v) is 10.3. The van der Waals surface area contributed by atoms with Crippen molar-refractivity contribution in [3.05, 3.63) is 65.8 Å². The van der Waals surface area contributed by atoms with Crippen molar-refractivity contribution in [3.63, 3.8) is 0 Å². The number of carbonyl (C=O) groups excluding carboxylic acids is 2. The zero-order valence-corrected chi connectivity index (χ0v) is 21.0. The Morgan fingerprint density at radius 1 is 1.19 bits per heavy atom. The molecule has 1 aliphatic carbocycles. The first-order valence-electron chi connectivity index (χ1n) is 12.2. The number of urea groups is 1. The fourth-order valence-corrected chi connectivity index (χ4v) is 4.74. The molecule has 8 nitrogen and oxygen atoms in total. The van der Waals surface area contributed by atoms with E-state index in [0.717, 1.165) is 17.7 Å². The Labute approximate surface area is 213 Å². The Bertz CT molecular complexity index is 1200. The highest BCUT2D eigenvalue weighted by Crippen LogP contribution is 2.41. The summed E-state index contributed by atoms with van der Waals surface area (Å²) in [7, 11) is 0. The number of rotatable bonds is 5. The Morgan fingerprint density at radius 2 is 1.97 bits per heavy atom. The van der Waals surface area contributed by atoms with E-state index in [1.54, 1.807) is 34.1 Å². The van der Waals surface area contributed by atoms with Crippen molar-refractivity contribution in [2.24, 2.45) is 11.8 Å². The molecule has 4 rings (SSSR count). The van der Waals surface area contributed by atoms with Gasteiger partial charge in [-0.3, -0.25) is 9.48 Å². The van der Waals surface area contributed by atoms with Gasteiger partial charge in [-0.1, -0.05) is 29.9 Å². The number of hydrogen-bond donors (Lipinski definition) is 2. The lowest BCUT2D eigenvalue weighted by Gasteiger charge is -2.41. The summed E-state index contributed by atoms with van der Waals surface area (Å²) in [6.07, 6.45) is 2.45. The smallest absolute Gasteiger partial charge is 0.354 e. The molecule has 2 heterocycles. The number of fused-ring (bicyclic) bond motifs is 1. The third kappa shape index (κ3) is 6.39. The molecule has 0 saturated carbocycles. The molecule has 0 radical (unpaired) electrons. The Balaban J connectivity index is 1.60. The maximum Gasteiger partial charge on any atom is 0.416 e. The van der Waals surface area contributed by atoms with Crippen LogP contribution in [0.1, 0.15) is 38.3 Å². The summed E-state index contributed by atoms with van der Waals surface area (Å²) < 4.78 is 41.8. The summed E-state index contributed by atoms with van der Waals surface area (Å²) in [5, 5.41) is 9.90. The zero-order chi connectivity index (χ0) is 26.8. The zero-order valence-electron chi connectivity index (χ0n) is 21.0. The van der Waals surface area contributed by atoms with E-state index >= 15 is 0 Å². The standard InChI is InChI=1S/C26H31F3N6O2/c1-25(2,3)33-24(37)34-11-9-20-19(17-5-4-6-18(13-17)26(27,28)29)7-8-21(22(20)14-34)23(36)31-10-12-35-16-30-15-32-35/h4-8,13,15-16,21-22H,9-12,14H2,1-3H3,(H,31,36)(H,33,37). The molecule has 2 N–H and O–H groups in total. The highest BCUT2D eigenvalue weighted by atomic mass is 19.4. The summed E-state index contributed by atoms with van der Waals surface area (Å²) in [4.78, 5) is 31.7. The number of halogens is 3. The minimum absolute atomic E-state index is 0.208. The van der Waals surface area contributed by atoms with Crippen molar-refractivity contribution in [1.82, 2.24) is 30.3 Å². The second-order valence-electron chi connectivity index (χ2n) is 10.3. The molecule has 2 unspecified atom stereocenters. The van der Waals surface area contributed by atoms with Crippen molar-refractivity contribution in [3.8, 4) is 0 Å². The molecule has 2 aromatic rings. The molecule has 0 bridgehead atoms. The molecule has 2 atom stereocenters. The second kappa shape index (κ2) is 10.4. The largest absolute Gasteiger partial charge is 0.416 e. The highest BCUT2D eigenvalue weighted by Gasteiger charge is 2.39. The minimum atomic E-state index is -4.46. The SMILES string of the molecule is CC(C)(C)NC(=O)N1CCC2=C(c3cccc(C(F)(F)F)c3)C=CC(C(=O)NCCn3cncn3)C2C1. The van der Waals surface area contributed by atoms with Gasteiger partial charge in [-0.05, 0) is 50.5 Å². The van der Waals surface area contributed by atoms with E-state index < -0.39 is 23.2 Å². The third-order valence-corrected chi connectivity index (χ3v) is 6.44. The number of benzene rings is 1. The monoisotopic (exact) mass is 516 g/mol. The van der Waals surface area contributed by atoms with Crippen molar-refractivity contribution in [2.75, 3.05) is 19.6 Å². The fraction of sp³-hybridized carbons (Fsp3) is 0.462. The number of nitrogens with one attached hydrogen (secondary N) is 2. The average Bonchev–Trinajstić information content (AvgIpc) is 3.35. The van der Waals surface area contributed by atoms with E-state index in [1.165, 1.54) is 12.4 Å². The molecule has 1 saturated heterocycles. The predicted octanol–water partition coefficient (Wildman–Crippen LogP) is 3.88. The summed E-state index contributed by atoms with van der Waals surface area (Å²) in [5.41, 5.74) is 0.861. The van der Waals surface area contributed by atoms with Crippen molar-refractivity contribution in [1.29, 1.82) is 0 Å². The van der Waals surface area contributed by atoms with Crippen LogP contribution in [0.2, 0.25) is 0 Å². The van der Waals surface area contributed by atoms with Crippen molar-refractivity contribution in [2.45, 2.75) is 45.5 Å². The van der Waals surface area contributed by atoms with Gasteiger partial charge in [0.25, 0.3) is 0 Å². The minimum Gasteiger partial charge on any atom is -0.354 e. The molecule has 198 valence electrons. The molecule has 1 aromatic carbocycles. The van der Waals surface area contributed by atoms with Gasteiger partial charge in [0.1, 0.15) is 12.7 Å². The van der Waals surface area contributed by atoms with E-state index in [1.807, 2.05) is 20.8 Å². The summed E-state index contributed by atoms with van der Waals surface area (Å²) in [5.74, 6) is -1.13. The summed E-state index contributed by atoms with van der Waals surface area (Å²) >= 11 is 0. The van der Waals surface area contributed by atoms with E-state index in [4.69, 9.17) is 0 Å². The maximum absolute atomic E-state index is 13.4. The lowest BCUT2D eigenvalue weighted by Crippen LogP contribution is -2.53. The Kier molecular flexibility index (Phi) is 7.42. The molecule has 11 heteroatoms. The number of nitrogens with zero attached hydrogens (tertiary/aromatic N) is 4. The average molecular weight is 517 g/mol. The molecule has 2 aliphatic rings. The van der Waals surface area contributed by atoms with E-state index in [2.05, 4.69) is 20.7 Å². The van der Waals surface area contributed by atoms with Gasteiger partial charge in [0.2, 0.25) is 5.91 Å². The van der Waals surface area contributed by atoms with Crippen LogP contribution in [0.4, 0.5) is 18.0 Å². The molecule has 0 spiro atoms. The van der Waals surface area contributed by atoms with Gasteiger partial charge in [-0.25, -0.2) is 9.78 Å². The van der Waals surface area contributed by atoms with Gasteiger partial charge in [0.15, 0.2) is 0 Å². The number of allylic oxidation sites excluding steroid dienone is 2. The van der Waals surface area contributed by atoms with Crippen LogP contribution in [0.5, 0.6) is 0 Å². The Hall–Kier alpha value is -3.63. The normalized spacial score (nSPS) is 20.0. The quantitative estimate of drug-likeness (QED) is 0.631. The van der Waals surface area contributed by atoms with E-state index in [9.17, 15) is 22.8 Å². The van der Waals surface area contributed by atoms with Crippen LogP contribution in [0.25, 0.3) is 5.57 Å². The van der Waals surface area contributed by atoms with Gasteiger partial charge >= 0.3 is 12.2 Å². The first-order chi connectivity index (χ1) is 17.4. The molecule has 1 aliphatic heterocycles. The Morgan fingerprint density at radius 3 is 2.65 bits per heavy atom. The topological polar surface area (TPSA) is 92.2 Å². The first-order valence-corrected chi connectivity index (χ1v) is 12.2. The number of alkyl halides is 3. The summed E-state index contributed by atoms with van der Waals surface area (Å²) in [6.45, 7) is 7.15. The predicted molar refractivity (Wildman–Crippen MR) is 132 cm³/mol. The number of hydrogen-bond acceptors (Lipinski definition) is 4. The van der Waals surface area contributed by atoms with Crippen LogP contribution in [0.3, 0.4) is 0 Å². The molecule has 1 fully saturated rings. The lowest BCUT2D eigenvalue weighted by molar-refractivity contribution is -0.137. The van der Waals surface area contributed by atoms with E-state index in [0.29, 0.717) is 37.2 Å². The van der Waals surface area contributed by atoms with Crippen LogP contribution >= 0.6 is 0 Å². The molecular weight excluding hydrogens is 485 g/mol. The maximum atomic E-state index is 13.4. The number of amides is 3. The van der Waals surface area contributed by atoms with Crippen molar-refractivity contribution < 1.29 is 22.8 Å². The molecular formula is C26H31F3N6O2. The van der Waals surface area contributed by atoms with Crippen molar-refractivity contribution >= 4 is 17.5 Å². The van der Waals surface area contributed by atoms with Gasteiger partial charge in [0, 0.05) is 31.1 Å². The van der Waals surface area contributed by atoms with Gasteiger partial charge in [0.05, 0.1) is 18.0 Å². The number of carbonyl (C=O) groups is 2. The van der Waals surface area contributed by atoms with Crippen LogP contribution in [0, 0.1) is 11.8 Å². The van der Waals surface area contributed by atoms with Gasteiger partial charge < -0.3 is 15.5 Å². The third-order valence-electron chi connectivity index (χ3n) is 6.44. The number of piperidine rings is 1. The van der Waals surface area contributed by atoms with E-state index in [-0.39, 0.29) is 24.4 Å². The van der Waals surface area contributed by atoms with Crippen LogP contribution < -0.4 is 10.6 Å². The van der Waals surface area contributed by atoms with Gasteiger partial charge in [-0.2, -0.15) is 18.3 Å². The molecule has 3 amide bonds. The highest BCUT2D eigenvalue weighted by molar-refractivity contribution is 5.87. The van der Waals surface area contributed by atoms with Crippen LogP contribution in [0.15, 0.2) is 54.6 Å². The van der Waals surface area contributed by atoms with Crippen LogP contribution in [-0.4, -0.2) is 56.8 Å². The fourth-order valence-electron chi connectivity index (χ4n) is 4.74. The number of likely N-dealkylation sites (tertiary alicyclic amines) is 1. The number of aromatic nitrogens is 3. The first kappa shape index (κ1) is 26.4. The lowest BCUT2D eigenvalue weighted by atomic mass is 9.73. The summed E-state index contributed by atoms with van der Waals surface area (Å²) in [6, 6.07) is 5.00.